The fourth-order valence-corrected chi connectivity index (χ4v) is 2.56. The molecular formula is C9H18N2OS. The van der Waals surface area contributed by atoms with Crippen LogP contribution in [0.5, 0.6) is 0 Å². The van der Waals surface area contributed by atoms with Crippen LogP contribution in [0.25, 0.3) is 0 Å². The van der Waals surface area contributed by atoms with Crippen molar-refractivity contribution in [2.75, 3.05) is 5.75 Å². The second-order valence-electron chi connectivity index (χ2n) is 3.60. The third-order valence-corrected chi connectivity index (χ3v) is 3.68. The fourth-order valence-electron chi connectivity index (χ4n) is 1.41. The van der Waals surface area contributed by atoms with Crippen LogP contribution in [-0.4, -0.2) is 29.0 Å². The van der Waals surface area contributed by atoms with E-state index in [0.717, 1.165) is 12.2 Å². The van der Waals surface area contributed by atoms with Crippen LogP contribution >= 0.6 is 11.8 Å². The molecule has 0 radical (unpaired) electrons. The Hall–Kier alpha value is -0.220. The van der Waals surface area contributed by atoms with Crippen LogP contribution in [0.4, 0.5) is 0 Å². The molecule has 0 aromatic heterocycles. The second-order valence-corrected chi connectivity index (χ2v) is 5.07. The van der Waals surface area contributed by atoms with Crippen molar-refractivity contribution < 1.29 is 4.79 Å². The molecule has 0 aliphatic carbocycles. The van der Waals surface area contributed by atoms with Gasteiger partial charge in [0.2, 0.25) is 5.91 Å². The summed E-state index contributed by atoms with van der Waals surface area (Å²) >= 11 is 1.91. The van der Waals surface area contributed by atoms with Gasteiger partial charge >= 0.3 is 0 Å². The summed E-state index contributed by atoms with van der Waals surface area (Å²) in [6.07, 6.45) is 1.79. The van der Waals surface area contributed by atoms with E-state index in [1.807, 2.05) is 18.7 Å². The van der Waals surface area contributed by atoms with E-state index in [1.54, 1.807) is 0 Å². The first-order valence-electron chi connectivity index (χ1n) is 4.81. The Bertz CT molecular complexity index is 186. The Balaban J connectivity index is 2.28. The van der Waals surface area contributed by atoms with Crippen molar-refractivity contribution in [3.8, 4) is 0 Å². The summed E-state index contributed by atoms with van der Waals surface area (Å²) in [5.41, 5.74) is 5.61. The molecule has 1 amide bonds. The maximum Gasteiger partial charge on any atom is 0.237 e. The van der Waals surface area contributed by atoms with E-state index >= 15 is 0 Å². The summed E-state index contributed by atoms with van der Waals surface area (Å²) in [7, 11) is 0. The van der Waals surface area contributed by atoms with E-state index in [9.17, 15) is 4.79 Å². The van der Waals surface area contributed by atoms with Crippen molar-refractivity contribution in [1.82, 2.24) is 5.32 Å². The van der Waals surface area contributed by atoms with Crippen molar-refractivity contribution in [3.63, 3.8) is 0 Å². The zero-order valence-electron chi connectivity index (χ0n) is 8.25. The van der Waals surface area contributed by atoms with Gasteiger partial charge in [-0.15, -0.1) is 0 Å². The van der Waals surface area contributed by atoms with Crippen LogP contribution in [0.15, 0.2) is 0 Å². The Kier molecular flexibility index (Phi) is 4.06. The van der Waals surface area contributed by atoms with Crippen LogP contribution in [0.2, 0.25) is 0 Å². The lowest BCUT2D eigenvalue weighted by Gasteiger charge is -2.14. The number of nitrogens with two attached hydrogens (primary N) is 1. The standard InChI is InChI=1S/C9H18N2OS/c1-3-8(10)9(12)11-7-4-6(2)13-5-7/h6-8H,3-5,10H2,1-2H3,(H,11,12)/t6?,7?,8-/m0/s1. The minimum atomic E-state index is -0.332. The molecule has 3 N–H and O–H groups in total. The Morgan fingerprint density at radius 3 is 2.92 bits per heavy atom. The molecule has 3 nitrogen and oxygen atoms in total. The SMILES string of the molecule is CC[C@H](N)C(=O)NC1CSC(C)C1. The summed E-state index contributed by atoms with van der Waals surface area (Å²) in [5.74, 6) is 1.03. The Morgan fingerprint density at radius 1 is 1.77 bits per heavy atom. The lowest BCUT2D eigenvalue weighted by molar-refractivity contribution is -0.122. The smallest absolute Gasteiger partial charge is 0.237 e. The molecule has 1 saturated heterocycles. The fraction of sp³-hybridized carbons (Fsp3) is 0.889. The quantitative estimate of drug-likeness (QED) is 0.709. The van der Waals surface area contributed by atoms with E-state index in [2.05, 4.69) is 12.2 Å². The number of hydrogen-bond donors (Lipinski definition) is 2. The molecule has 0 spiro atoms. The molecule has 4 heteroatoms. The summed E-state index contributed by atoms with van der Waals surface area (Å²) in [6.45, 7) is 4.12. The van der Waals surface area contributed by atoms with Gasteiger partial charge in [0, 0.05) is 17.0 Å². The van der Waals surface area contributed by atoms with Crippen LogP contribution in [-0.2, 0) is 4.79 Å². The van der Waals surface area contributed by atoms with Crippen molar-refractivity contribution in [2.45, 2.75) is 44.0 Å². The number of thioether (sulfide) groups is 1. The van der Waals surface area contributed by atoms with Crippen molar-refractivity contribution >= 4 is 17.7 Å². The highest BCUT2D eigenvalue weighted by atomic mass is 32.2. The topological polar surface area (TPSA) is 55.1 Å². The van der Waals surface area contributed by atoms with E-state index in [0.29, 0.717) is 17.7 Å². The maximum absolute atomic E-state index is 11.4. The third kappa shape index (κ3) is 3.19. The van der Waals surface area contributed by atoms with Gasteiger partial charge in [0.15, 0.2) is 0 Å². The molecule has 0 saturated carbocycles. The van der Waals surface area contributed by atoms with Gasteiger partial charge in [-0.25, -0.2) is 0 Å². The Labute approximate surface area is 83.8 Å². The summed E-state index contributed by atoms with van der Waals surface area (Å²) in [6, 6.07) is 0.00556. The first kappa shape index (κ1) is 10.9. The molecule has 13 heavy (non-hydrogen) atoms. The van der Waals surface area contributed by atoms with Crippen LogP contribution in [0.3, 0.4) is 0 Å². The van der Waals surface area contributed by atoms with Gasteiger partial charge in [-0.3, -0.25) is 4.79 Å². The number of carbonyl (C=O) groups excluding carboxylic acids is 1. The van der Waals surface area contributed by atoms with E-state index < -0.39 is 0 Å². The highest BCUT2D eigenvalue weighted by Gasteiger charge is 2.24. The number of nitrogens with one attached hydrogen (secondary N) is 1. The largest absolute Gasteiger partial charge is 0.351 e. The Morgan fingerprint density at radius 2 is 2.46 bits per heavy atom. The molecule has 1 fully saturated rings. The summed E-state index contributed by atoms with van der Waals surface area (Å²) in [4.78, 5) is 11.4. The van der Waals surface area contributed by atoms with Gasteiger partial charge < -0.3 is 11.1 Å². The van der Waals surface area contributed by atoms with Gasteiger partial charge in [0.1, 0.15) is 0 Å². The van der Waals surface area contributed by atoms with Crippen molar-refractivity contribution in [3.05, 3.63) is 0 Å². The van der Waals surface area contributed by atoms with Gasteiger partial charge in [0.05, 0.1) is 6.04 Å². The molecule has 76 valence electrons. The zero-order valence-corrected chi connectivity index (χ0v) is 9.06. The molecule has 1 aliphatic rings. The van der Waals surface area contributed by atoms with Crippen LogP contribution in [0, 0.1) is 0 Å². The first-order chi connectivity index (χ1) is 6.13. The maximum atomic E-state index is 11.4. The average Bonchev–Trinajstić information content (AvgIpc) is 2.49. The molecule has 0 aromatic rings. The van der Waals surface area contributed by atoms with Gasteiger partial charge in [-0.2, -0.15) is 11.8 Å². The predicted octanol–water partition coefficient (Wildman–Crippen LogP) is 0.734. The molecule has 0 bridgehead atoms. The summed E-state index contributed by atoms with van der Waals surface area (Å²) < 4.78 is 0. The van der Waals surface area contributed by atoms with Crippen molar-refractivity contribution in [1.29, 1.82) is 0 Å². The first-order valence-corrected chi connectivity index (χ1v) is 5.86. The molecule has 1 rings (SSSR count). The monoisotopic (exact) mass is 202 g/mol. The van der Waals surface area contributed by atoms with Crippen LogP contribution in [0.1, 0.15) is 26.7 Å². The number of hydrogen-bond acceptors (Lipinski definition) is 3. The average molecular weight is 202 g/mol. The number of rotatable bonds is 3. The van der Waals surface area contributed by atoms with E-state index in [-0.39, 0.29) is 11.9 Å². The predicted molar refractivity (Wildman–Crippen MR) is 56.7 cm³/mol. The van der Waals surface area contributed by atoms with Gasteiger partial charge in [-0.1, -0.05) is 13.8 Å². The molecule has 3 atom stereocenters. The van der Waals surface area contributed by atoms with Crippen LogP contribution < -0.4 is 11.1 Å². The molecule has 0 aromatic carbocycles. The second kappa shape index (κ2) is 4.86. The molecule has 1 heterocycles. The third-order valence-electron chi connectivity index (χ3n) is 2.32. The lowest BCUT2D eigenvalue weighted by Crippen LogP contribution is -2.45. The molecule has 1 aliphatic heterocycles. The minimum absolute atomic E-state index is 0.00204. The minimum Gasteiger partial charge on any atom is -0.351 e. The normalized spacial score (nSPS) is 30.1. The van der Waals surface area contributed by atoms with Gasteiger partial charge in [0.25, 0.3) is 0 Å². The number of carbonyl (C=O) groups is 1. The summed E-state index contributed by atoms with van der Waals surface area (Å²) in [5, 5.41) is 3.64. The number of amides is 1. The molecular weight excluding hydrogens is 184 g/mol. The van der Waals surface area contributed by atoms with E-state index in [1.165, 1.54) is 0 Å². The highest BCUT2D eigenvalue weighted by molar-refractivity contribution is 8.00. The molecule has 2 unspecified atom stereocenters. The van der Waals surface area contributed by atoms with Crippen molar-refractivity contribution in [2.24, 2.45) is 5.73 Å². The lowest BCUT2D eigenvalue weighted by atomic mass is 10.1. The zero-order chi connectivity index (χ0) is 9.84. The van der Waals surface area contributed by atoms with E-state index in [4.69, 9.17) is 5.73 Å². The highest BCUT2D eigenvalue weighted by Crippen LogP contribution is 2.25. The van der Waals surface area contributed by atoms with Gasteiger partial charge in [-0.05, 0) is 12.8 Å².